The molecule has 26 heavy (non-hydrogen) atoms. The second-order valence-corrected chi connectivity index (χ2v) is 8.52. The number of likely N-dealkylation sites (tertiary alicyclic amines) is 1. The summed E-state index contributed by atoms with van der Waals surface area (Å²) >= 11 is 1.73. The fraction of sp³-hybridized carbons (Fsp3) is 0.778. The Morgan fingerprint density at radius 2 is 1.88 bits per heavy atom. The van der Waals surface area contributed by atoms with E-state index in [1.165, 1.54) is 0 Å². The molecule has 0 radical (unpaired) electrons. The maximum atomic E-state index is 12.4. The zero-order chi connectivity index (χ0) is 18.7. The lowest BCUT2D eigenvalue weighted by atomic mass is 9.94. The molecule has 2 saturated heterocycles. The number of aliphatic carboxylic acids is 1. The van der Waals surface area contributed by atoms with Crippen LogP contribution in [0.5, 0.6) is 0 Å². The van der Waals surface area contributed by atoms with Crippen molar-refractivity contribution in [3.05, 3.63) is 10.6 Å². The molecule has 3 N–H and O–H groups in total. The molecule has 0 bridgehead atoms. The number of carbonyl (C=O) groups is 2. The summed E-state index contributed by atoms with van der Waals surface area (Å²) in [6.45, 7) is 5.89. The van der Waals surface area contributed by atoms with E-state index in [0.717, 1.165) is 62.5 Å². The van der Waals surface area contributed by atoms with E-state index in [-0.39, 0.29) is 12.5 Å². The number of hydrogen-bond acceptors (Lipinski definition) is 6. The van der Waals surface area contributed by atoms with Gasteiger partial charge in [-0.05, 0) is 51.6 Å². The molecule has 0 aliphatic carbocycles. The van der Waals surface area contributed by atoms with Crippen LogP contribution in [0.2, 0.25) is 0 Å². The molecule has 1 amide bonds. The minimum Gasteiger partial charge on any atom is -0.480 e. The number of hydrogen-bond donors (Lipinski definition) is 3. The summed E-state index contributed by atoms with van der Waals surface area (Å²) in [5.41, 5.74) is 1.09. The SMILES string of the molecule is CNC(=O)C1=C(C)N(C2CCN(CC(=O)O)CC2)C(C2CCNCC2)S1. The molecule has 1 unspecified atom stereocenters. The van der Waals surface area contributed by atoms with E-state index in [1.54, 1.807) is 18.8 Å². The van der Waals surface area contributed by atoms with Gasteiger partial charge in [-0.1, -0.05) is 11.8 Å². The Bertz CT molecular complexity index is 569. The van der Waals surface area contributed by atoms with Gasteiger partial charge in [-0.25, -0.2) is 0 Å². The van der Waals surface area contributed by atoms with Gasteiger partial charge in [-0.2, -0.15) is 0 Å². The van der Waals surface area contributed by atoms with Gasteiger partial charge >= 0.3 is 5.97 Å². The highest BCUT2D eigenvalue weighted by Gasteiger charge is 2.42. The van der Waals surface area contributed by atoms with Crippen molar-refractivity contribution in [3.63, 3.8) is 0 Å². The third kappa shape index (κ3) is 4.18. The van der Waals surface area contributed by atoms with Gasteiger partial charge in [-0.3, -0.25) is 14.5 Å². The predicted octanol–water partition coefficient (Wildman–Crippen LogP) is 0.887. The standard InChI is InChI=1S/C18H30N4O3S/c1-12-16(17(25)19-2)26-18(13-3-7-20-8-4-13)22(12)14-5-9-21(10-6-14)11-15(23)24/h13-14,18,20H,3-11H2,1-2H3,(H,19,25)(H,23,24). The molecule has 146 valence electrons. The third-order valence-electron chi connectivity index (χ3n) is 5.76. The molecule has 0 aromatic rings. The van der Waals surface area contributed by atoms with Gasteiger partial charge in [0.25, 0.3) is 5.91 Å². The van der Waals surface area contributed by atoms with Crippen molar-refractivity contribution in [1.82, 2.24) is 20.4 Å². The van der Waals surface area contributed by atoms with E-state index in [1.807, 2.05) is 4.90 Å². The second kappa shape index (κ2) is 8.63. The van der Waals surface area contributed by atoms with Crippen LogP contribution in [0.4, 0.5) is 0 Å². The average molecular weight is 383 g/mol. The molecular formula is C18H30N4O3S. The van der Waals surface area contributed by atoms with Crippen LogP contribution in [0.15, 0.2) is 10.6 Å². The van der Waals surface area contributed by atoms with Crippen LogP contribution in [-0.2, 0) is 9.59 Å². The van der Waals surface area contributed by atoms with Crippen molar-refractivity contribution in [2.45, 2.75) is 44.0 Å². The molecular weight excluding hydrogens is 352 g/mol. The summed E-state index contributed by atoms with van der Waals surface area (Å²) in [5, 5.41) is 15.5. The largest absolute Gasteiger partial charge is 0.480 e. The number of rotatable bonds is 5. The quantitative estimate of drug-likeness (QED) is 0.651. The maximum absolute atomic E-state index is 12.4. The topological polar surface area (TPSA) is 84.9 Å². The monoisotopic (exact) mass is 382 g/mol. The van der Waals surface area contributed by atoms with Crippen molar-refractivity contribution in [1.29, 1.82) is 0 Å². The van der Waals surface area contributed by atoms with E-state index < -0.39 is 5.97 Å². The lowest BCUT2D eigenvalue weighted by Gasteiger charge is -2.43. The number of nitrogens with zero attached hydrogens (tertiary/aromatic N) is 2. The average Bonchev–Trinajstić information content (AvgIpc) is 2.99. The fourth-order valence-corrected chi connectivity index (χ4v) is 6.02. The first kappa shape index (κ1) is 19.5. The molecule has 3 heterocycles. The Hall–Kier alpha value is -1.25. The lowest BCUT2D eigenvalue weighted by Crippen LogP contribution is -2.49. The first-order valence-electron chi connectivity index (χ1n) is 9.54. The highest BCUT2D eigenvalue weighted by molar-refractivity contribution is 8.04. The van der Waals surface area contributed by atoms with Crippen LogP contribution in [0.25, 0.3) is 0 Å². The van der Waals surface area contributed by atoms with Gasteiger partial charge in [0.05, 0.1) is 16.8 Å². The Morgan fingerprint density at radius 3 is 2.46 bits per heavy atom. The lowest BCUT2D eigenvalue weighted by molar-refractivity contribution is -0.138. The molecule has 0 spiro atoms. The van der Waals surface area contributed by atoms with Crippen LogP contribution >= 0.6 is 11.8 Å². The summed E-state index contributed by atoms with van der Waals surface area (Å²) in [6.07, 6.45) is 4.18. The number of carboxylic acids is 1. The fourth-order valence-electron chi connectivity index (χ4n) is 4.38. The summed E-state index contributed by atoms with van der Waals surface area (Å²) in [5.74, 6) is -0.168. The number of likely N-dealkylation sites (N-methyl/N-ethyl adjacent to an activating group) is 1. The van der Waals surface area contributed by atoms with Crippen LogP contribution in [0, 0.1) is 5.92 Å². The van der Waals surface area contributed by atoms with Gasteiger partial charge in [0.15, 0.2) is 0 Å². The van der Waals surface area contributed by atoms with Crippen molar-refractivity contribution in [2.24, 2.45) is 5.92 Å². The summed E-state index contributed by atoms with van der Waals surface area (Å²) < 4.78 is 0. The van der Waals surface area contributed by atoms with E-state index in [0.29, 0.717) is 17.3 Å². The number of carboxylic acid groups (broad SMARTS) is 1. The number of allylic oxidation sites excluding steroid dienone is 1. The summed E-state index contributed by atoms with van der Waals surface area (Å²) in [7, 11) is 1.69. The molecule has 1 atom stereocenters. The Balaban J connectivity index is 1.74. The number of carbonyl (C=O) groups excluding carboxylic acids is 1. The normalized spacial score (nSPS) is 26.4. The first-order chi connectivity index (χ1) is 12.5. The molecule has 3 aliphatic rings. The summed E-state index contributed by atoms with van der Waals surface area (Å²) in [4.78, 5) is 28.7. The summed E-state index contributed by atoms with van der Waals surface area (Å²) in [6, 6.07) is 0.384. The highest BCUT2D eigenvalue weighted by Crippen LogP contribution is 2.46. The third-order valence-corrected chi connectivity index (χ3v) is 7.33. The Kier molecular flexibility index (Phi) is 6.47. The second-order valence-electron chi connectivity index (χ2n) is 7.40. The maximum Gasteiger partial charge on any atom is 0.317 e. The van der Waals surface area contributed by atoms with Gasteiger partial charge in [0.1, 0.15) is 0 Å². The zero-order valence-electron chi connectivity index (χ0n) is 15.7. The Morgan fingerprint density at radius 1 is 1.23 bits per heavy atom. The smallest absolute Gasteiger partial charge is 0.317 e. The van der Waals surface area contributed by atoms with E-state index in [4.69, 9.17) is 5.11 Å². The van der Waals surface area contributed by atoms with Crippen molar-refractivity contribution in [2.75, 3.05) is 39.8 Å². The van der Waals surface area contributed by atoms with Crippen LogP contribution in [0.1, 0.15) is 32.6 Å². The minimum absolute atomic E-state index is 0.0113. The predicted molar refractivity (Wildman–Crippen MR) is 103 cm³/mol. The van der Waals surface area contributed by atoms with Gasteiger partial charge < -0.3 is 20.6 Å². The molecule has 0 aromatic carbocycles. The number of thioether (sulfide) groups is 1. The number of piperidine rings is 2. The molecule has 7 nitrogen and oxygen atoms in total. The van der Waals surface area contributed by atoms with Gasteiger partial charge in [0, 0.05) is 31.9 Å². The van der Waals surface area contributed by atoms with E-state index >= 15 is 0 Å². The minimum atomic E-state index is -0.759. The molecule has 0 saturated carbocycles. The first-order valence-corrected chi connectivity index (χ1v) is 10.4. The molecule has 2 fully saturated rings. The molecule has 3 rings (SSSR count). The number of amides is 1. The highest BCUT2D eigenvalue weighted by atomic mass is 32.2. The van der Waals surface area contributed by atoms with Gasteiger partial charge in [-0.15, -0.1) is 0 Å². The molecule has 8 heteroatoms. The van der Waals surface area contributed by atoms with Crippen molar-refractivity contribution >= 4 is 23.6 Å². The molecule has 3 aliphatic heterocycles. The van der Waals surface area contributed by atoms with Crippen LogP contribution < -0.4 is 10.6 Å². The van der Waals surface area contributed by atoms with E-state index in [9.17, 15) is 9.59 Å². The number of nitrogens with one attached hydrogen (secondary N) is 2. The van der Waals surface area contributed by atoms with Gasteiger partial charge in [0.2, 0.25) is 0 Å². The Labute approximate surface area is 159 Å². The van der Waals surface area contributed by atoms with Crippen LogP contribution in [0.3, 0.4) is 0 Å². The molecule has 0 aromatic heterocycles. The van der Waals surface area contributed by atoms with Crippen molar-refractivity contribution in [3.8, 4) is 0 Å². The zero-order valence-corrected chi connectivity index (χ0v) is 16.5. The van der Waals surface area contributed by atoms with Crippen molar-refractivity contribution < 1.29 is 14.7 Å². The van der Waals surface area contributed by atoms with E-state index in [2.05, 4.69) is 22.5 Å². The van der Waals surface area contributed by atoms with Crippen LogP contribution in [-0.4, -0.2) is 78.0 Å².